The Morgan fingerprint density at radius 1 is 0.730 bits per heavy atom. The number of hydrogen-bond donors (Lipinski definition) is 0. The van der Waals surface area contributed by atoms with Gasteiger partial charge in [0.15, 0.2) is 5.11 Å². The molecule has 5 nitrogen and oxygen atoms in total. The predicted molar refractivity (Wildman–Crippen MR) is 160 cm³/mol. The van der Waals surface area contributed by atoms with Gasteiger partial charge in [-0.1, -0.05) is 87.4 Å². The molecule has 198 valence electrons. The van der Waals surface area contributed by atoms with E-state index in [1.165, 1.54) is 46.7 Å². The lowest BCUT2D eigenvalue weighted by molar-refractivity contribution is -0.133. The summed E-state index contributed by atoms with van der Waals surface area (Å²) in [6, 6.07) is 8.75. The molecule has 37 heavy (non-hydrogen) atoms. The molecule has 1 aliphatic heterocycles. The molecule has 0 aliphatic carbocycles. The highest BCUT2D eigenvalue weighted by molar-refractivity contribution is 7.80. The maximum absolute atomic E-state index is 12.6. The molecular formula is C31H41N3O2S. The fraction of sp³-hybridized carbons (Fsp3) is 0.387. The van der Waals surface area contributed by atoms with Gasteiger partial charge in [-0.2, -0.15) is 0 Å². The van der Waals surface area contributed by atoms with Gasteiger partial charge in [0.2, 0.25) is 0 Å². The summed E-state index contributed by atoms with van der Waals surface area (Å²) in [6.45, 7) is 11.2. The van der Waals surface area contributed by atoms with E-state index in [9.17, 15) is 9.59 Å². The Balaban J connectivity index is 1.91. The van der Waals surface area contributed by atoms with E-state index in [2.05, 4.69) is 49.1 Å². The minimum atomic E-state index is -0.344. The van der Waals surface area contributed by atoms with E-state index in [1.807, 2.05) is 44.2 Å². The second-order valence-corrected chi connectivity index (χ2v) is 9.13. The highest BCUT2D eigenvalue weighted by Crippen LogP contribution is 2.19. The van der Waals surface area contributed by atoms with Gasteiger partial charge >= 0.3 is 0 Å². The average Bonchev–Trinajstić information content (AvgIpc) is 2.90. The molecule has 0 spiro atoms. The molecular weight excluding hydrogens is 478 g/mol. The maximum Gasteiger partial charge on any atom is 0.265 e. The SMILES string of the molecule is CCCCN(CCCC)c1ccc(/C=C/C=C/C=C/C=C/C=C2C(=O)N(CC)C(=S)N(CC)C2=O)cc1. The van der Waals surface area contributed by atoms with E-state index in [1.54, 1.807) is 18.2 Å². The highest BCUT2D eigenvalue weighted by Gasteiger charge is 2.37. The van der Waals surface area contributed by atoms with Crippen LogP contribution in [0.5, 0.6) is 0 Å². The molecule has 1 saturated heterocycles. The summed E-state index contributed by atoms with van der Waals surface area (Å²) < 4.78 is 0. The number of benzene rings is 1. The van der Waals surface area contributed by atoms with Crippen LogP contribution in [0, 0.1) is 0 Å². The molecule has 6 heteroatoms. The zero-order valence-corrected chi connectivity index (χ0v) is 23.5. The number of nitrogens with zero attached hydrogens (tertiary/aromatic N) is 3. The van der Waals surface area contributed by atoms with Crippen molar-refractivity contribution >= 4 is 40.9 Å². The van der Waals surface area contributed by atoms with Crippen LogP contribution in [0.1, 0.15) is 58.9 Å². The van der Waals surface area contributed by atoms with Crippen LogP contribution in [0.25, 0.3) is 6.08 Å². The van der Waals surface area contributed by atoms with Gasteiger partial charge in [0.1, 0.15) is 5.57 Å². The normalized spacial score (nSPS) is 14.9. The third kappa shape index (κ3) is 8.97. The second kappa shape index (κ2) is 16.5. The van der Waals surface area contributed by atoms with Gasteiger partial charge in [0, 0.05) is 31.9 Å². The first-order chi connectivity index (χ1) is 18.0. The van der Waals surface area contributed by atoms with Crippen LogP contribution in [-0.2, 0) is 9.59 Å². The highest BCUT2D eigenvalue weighted by atomic mass is 32.1. The van der Waals surface area contributed by atoms with Gasteiger partial charge in [0.25, 0.3) is 11.8 Å². The summed E-state index contributed by atoms with van der Waals surface area (Å²) in [5.41, 5.74) is 2.59. The quantitative estimate of drug-likeness (QED) is 0.119. The van der Waals surface area contributed by atoms with Crippen LogP contribution in [0.2, 0.25) is 0 Å². The molecule has 1 aromatic carbocycles. The summed E-state index contributed by atoms with van der Waals surface area (Å²) in [5.74, 6) is -0.688. The van der Waals surface area contributed by atoms with E-state index < -0.39 is 0 Å². The predicted octanol–water partition coefficient (Wildman–Crippen LogP) is 6.70. The van der Waals surface area contributed by atoms with E-state index in [4.69, 9.17) is 12.2 Å². The summed E-state index contributed by atoms with van der Waals surface area (Å²) >= 11 is 5.27. The topological polar surface area (TPSA) is 43.9 Å². The van der Waals surface area contributed by atoms with Crippen molar-refractivity contribution in [2.45, 2.75) is 53.4 Å². The van der Waals surface area contributed by atoms with Crippen molar-refractivity contribution in [1.29, 1.82) is 0 Å². The summed E-state index contributed by atoms with van der Waals surface area (Å²) in [4.78, 5) is 30.6. The van der Waals surface area contributed by atoms with Crippen LogP contribution in [-0.4, -0.2) is 52.9 Å². The van der Waals surface area contributed by atoms with E-state index >= 15 is 0 Å². The standard InChI is InChI=1S/C31H41N3O2S/c1-5-9-24-32(25-10-6-2)27-22-20-26(21-23-27)18-16-14-12-11-13-15-17-19-28-29(35)33(7-3)31(37)34(8-4)30(28)36/h11-23H,5-10,24-25H2,1-4H3/b13-11+,14-12+,17-15+,18-16+. The first-order valence-electron chi connectivity index (χ1n) is 13.4. The molecule has 1 aromatic rings. The van der Waals surface area contributed by atoms with Crippen LogP contribution in [0.3, 0.4) is 0 Å². The Morgan fingerprint density at radius 2 is 1.22 bits per heavy atom. The third-order valence-corrected chi connectivity index (χ3v) is 6.53. The molecule has 1 aliphatic rings. The van der Waals surface area contributed by atoms with Crippen molar-refractivity contribution in [1.82, 2.24) is 9.80 Å². The Hall–Kier alpha value is -3.25. The number of carbonyl (C=O) groups excluding carboxylic acids is 2. The van der Waals surface area contributed by atoms with Crippen molar-refractivity contribution in [2.75, 3.05) is 31.1 Å². The molecule has 0 unspecified atom stereocenters. The number of rotatable bonds is 14. The number of amides is 2. The lowest BCUT2D eigenvalue weighted by Crippen LogP contribution is -2.55. The van der Waals surface area contributed by atoms with Crippen LogP contribution < -0.4 is 4.90 Å². The number of carbonyl (C=O) groups is 2. The minimum absolute atomic E-state index is 0.130. The van der Waals surface area contributed by atoms with E-state index in [0.29, 0.717) is 13.1 Å². The molecule has 2 rings (SSSR count). The maximum atomic E-state index is 12.6. The molecule has 0 saturated carbocycles. The lowest BCUT2D eigenvalue weighted by atomic mass is 10.1. The largest absolute Gasteiger partial charge is 0.372 e. The molecule has 1 fully saturated rings. The Bertz CT molecular complexity index is 1010. The molecule has 2 amide bonds. The van der Waals surface area contributed by atoms with Crippen molar-refractivity contribution in [2.24, 2.45) is 0 Å². The summed E-state index contributed by atoms with van der Waals surface area (Å²) in [5, 5.41) is 0.274. The summed E-state index contributed by atoms with van der Waals surface area (Å²) in [6.07, 6.45) is 21.7. The van der Waals surface area contributed by atoms with Gasteiger partial charge in [-0.25, -0.2) is 0 Å². The van der Waals surface area contributed by atoms with Gasteiger partial charge in [-0.15, -0.1) is 0 Å². The Morgan fingerprint density at radius 3 is 1.70 bits per heavy atom. The minimum Gasteiger partial charge on any atom is -0.372 e. The zero-order chi connectivity index (χ0) is 27.0. The molecule has 0 radical (unpaired) electrons. The fourth-order valence-electron chi connectivity index (χ4n) is 3.91. The van der Waals surface area contributed by atoms with Gasteiger partial charge in [-0.3, -0.25) is 19.4 Å². The molecule has 0 atom stereocenters. The first-order valence-corrected chi connectivity index (χ1v) is 13.8. The van der Waals surface area contributed by atoms with Crippen LogP contribution in [0.4, 0.5) is 5.69 Å². The first kappa shape index (κ1) is 30.0. The summed E-state index contributed by atoms with van der Waals surface area (Å²) in [7, 11) is 0. The number of allylic oxidation sites excluding steroid dienone is 8. The van der Waals surface area contributed by atoms with Gasteiger partial charge < -0.3 is 4.90 Å². The van der Waals surface area contributed by atoms with Crippen molar-refractivity contribution in [3.63, 3.8) is 0 Å². The van der Waals surface area contributed by atoms with Crippen molar-refractivity contribution < 1.29 is 9.59 Å². The zero-order valence-electron chi connectivity index (χ0n) is 22.7. The van der Waals surface area contributed by atoms with Crippen LogP contribution >= 0.6 is 12.2 Å². The van der Waals surface area contributed by atoms with Crippen molar-refractivity contribution in [3.05, 3.63) is 84.0 Å². The van der Waals surface area contributed by atoms with E-state index in [0.717, 1.165) is 13.1 Å². The molecule has 0 N–H and O–H groups in total. The van der Waals surface area contributed by atoms with Gasteiger partial charge in [-0.05, 0) is 62.7 Å². The number of anilines is 1. The van der Waals surface area contributed by atoms with Crippen LogP contribution in [0.15, 0.2) is 78.4 Å². The Kier molecular flexibility index (Phi) is 13.4. The number of likely N-dealkylation sites (N-methyl/N-ethyl adjacent to an activating group) is 2. The Labute approximate surface area is 228 Å². The number of thiocarbonyl (C=S) groups is 1. The molecule has 1 heterocycles. The van der Waals surface area contributed by atoms with E-state index in [-0.39, 0.29) is 22.5 Å². The number of unbranched alkanes of at least 4 members (excludes halogenated alkanes) is 2. The smallest absolute Gasteiger partial charge is 0.265 e. The second-order valence-electron chi connectivity index (χ2n) is 8.76. The molecule has 0 aromatic heterocycles. The molecule has 0 bridgehead atoms. The average molecular weight is 520 g/mol. The third-order valence-electron chi connectivity index (χ3n) is 6.09. The van der Waals surface area contributed by atoms with Gasteiger partial charge in [0.05, 0.1) is 0 Å². The monoisotopic (exact) mass is 519 g/mol. The fourth-order valence-corrected chi connectivity index (χ4v) is 4.33. The van der Waals surface area contributed by atoms with Crippen molar-refractivity contribution in [3.8, 4) is 0 Å². The number of hydrogen-bond acceptors (Lipinski definition) is 4. The lowest BCUT2D eigenvalue weighted by Gasteiger charge is -2.35.